The van der Waals surface area contributed by atoms with Crippen molar-refractivity contribution in [2.45, 2.75) is 12.2 Å². The molecule has 0 radical (unpaired) electrons. The first-order valence-corrected chi connectivity index (χ1v) is 6.02. The molecule has 0 aliphatic heterocycles. The van der Waals surface area contributed by atoms with E-state index in [2.05, 4.69) is 5.73 Å². The molecule has 108 valence electrons. The fourth-order valence-corrected chi connectivity index (χ4v) is 2.27. The summed E-state index contributed by atoms with van der Waals surface area (Å²) in [5.74, 6) is 0. The Bertz CT molecular complexity index is 570. The van der Waals surface area contributed by atoms with Gasteiger partial charge in [0.15, 0.2) is 0 Å². The van der Waals surface area contributed by atoms with Crippen LogP contribution in [0.4, 0.5) is 13.2 Å². The van der Waals surface area contributed by atoms with Crippen molar-refractivity contribution >= 4 is 11.6 Å². The molecule has 6 heteroatoms. The summed E-state index contributed by atoms with van der Waals surface area (Å²) in [6.07, 6.45) is -4.45. The third-order valence-corrected chi connectivity index (χ3v) is 3.33. The number of hydrogen-bond donors (Lipinski definition) is 1. The van der Waals surface area contributed by atoms with E-state index >= 15 is 0 Å². The van der Waals surface area contributed by atoms with E-state index in [0.29, 0.717) is 5.56 Å². The molecule has 0 aliphatic rings. The predicted molar refractivity (Wildman–Crippen MR) is 67.6 cm³/mol. The number of quaternary nitrogens is 1. The summed E-state index contributed by atoms with van der Waals surface area (Å²) in [7, 11) is 0. The summed E-state index contributed by atoms with van der Waals surface area (Å²) in [5, 5.41) is -0.279. The van der Waals surface area contributed by atoms with E-state index in [9.17, 15) is 13.2 Å². The fraction of sp³-hybridized carbons (Fsp3) is 0.143. The van der Waals surface area contributed by atoms with Gasteiger partial charge >= 0.3 is 6.18 Å². The first kappa shape index (κ1) is 16.8. The zero-order valence-electron chi connectivity index (χ0n) is 10.3. The van der Waals surface area contributed by atoms with E-state index in [1.165, 1.54) is 6.07 Å². The van der Waals surface area contributed by atoms with Gasteiger partial charge in [-0.1, -0.05) is 54.1 Å². The number of benzene rings is 2. The van der Waals surface area contributed by atoms with E-state index in [4.69, 9.17) is 11.6 Å². The zero-order chi connectivity index (χ0) is 14.0. The van der Waals surface area contributed by atoms with Gasteiger partial charge in [-0.15, -0.1) is 0 Å². The summed E-state index contributed by atoms with van der Waals surface area (Å²) >= 11 is 5.88. The van der Waals surface area contributed by atoms with Crippen LogP contribution >= 0.6 is 11.6 Å². The van der Waals surface area contributed by atoms with Gasteiger partial charge < -0.3 is 18.1 Å². The van der Waals surface area contributed by atoms with Crippen LogP contribution in [0.5, 0.6) is 0 Å². The minimum Gasteiger partial charge on any atom is -1.00 e. The summed E-state index contributed by atoms with van der Waals surface area (Å²) < 4.78 is 38.4. The van der Waals surface area contributed by atoms with E-state index in [-0.39, 0.29) is 17.4 Å². The number of hydrogen-bond acceptors (Lipinski definition) is 0. The molecule has 0 saturated heterocycles. The topological polar surface area (TPSA) is 27.6 Å². The molecular formula is C14H12Cl2F3N. The van der Waals surface area contributed by atoms with Crippen LogP contribution in [-0.2, 0) is 6.18 Å². The minimum absolute atomic E-state index is 0. The lowest BCUT2D eigenvalue weighted by Crippen LogP contribution is -3.00. The molecule has 0 heterocycles. The second kappa shape index (κ2) is 6.48. The molecular weight excluding hydrogens is 310 g/mol. The summed E-state index contributed by atoms with van der Waals surface area (Å²) in [4.78, 5) is 0. The number of halogens is 5. The van der Waals surface area contributed by atoms with Gasteiger partial charge in [0.1, 0.15) is 6.04 Å². The van der Waals surface area contributed by atoms with Gasteiger partial charge in [-0.2, -0.15) is 13.2 Å². The van der Waals surface area contributed by atoms with Crippen molar-refractivity contribution in [3.63, 3.8) is 0 Å². The lowest BCUT2D eigenvalue weighted by Gasteiger charge is -2.15. The van der Waals surface area contributed by atoms with Crippen molar-refractivity contribution in [3.05, 3.63) is 70.2 Å². The Balaban J connectivity index is 0.00000200. The van der Waals surface area contributed by atoms with Gasteiger partial charge in [0.05, 0.1) is 10.6 Å². The van der Waals surface area contributed by atoms with Crippen molar-refractivity contribution in [3.8, 4) is 0 Å². The van der Waals surface area contributed by atoms with Crippen LogP contribution in [0.25, 0.3) is 0 Å². The van der Waals surface area contributed by atoms with Gasteiger partial charge in [0, 0.05) is 11.1 Å². The highest BCUT2D eigenvalue weighted by molar-refractivity contribution is 6.32. The molecule has 20 heavy (non-hydrogen) atoms. The quantitative estimate of drug-likeness (QED) is 0.843. The standard InChI is InChI=1S/C14H11ClF3N.ClH/c15-12-10(7-4-8-11(12)14(16,17)18)13(19)9-5-2-1-3-6-9;/h1-8,13H,19H2;1H. The molecule has 0 aromatic heterocycles. The molecule has 0 fully saturated rings. The van der Waals surface area contributed by atoms with E-state index in [0.717, 1.165) is 11.6 Å². The average molecular weight is 322 g/mol. The van der Waals surface area contributed by atoms with E-state index in [1.807, 2.05) is 30.3 Å². The largest absolute Gasteiger partial charge is 1.00 e. The predicted octanol–water partition coefficient (Wildman–Crippen LogP) is 0.694. The maximum Gasteiger partial charge on any atom is 0.417 e. The molecule has 1 unspecified atom stereocenters. The Hall–Kier alpha value is -1.23. The summed E-state index contributed by atoms with van der Waals surface area (Å²) in [5.41, 5.74) is 4.29. The Morgan fingerprint density at radius 1 is 0.950 bits per heavy atom. The Morgan fingerprint density at radius 3 is 2.10 bits per heavy atom. The average Bonchev–Trinajstić information content (AvgIpc) is 2.38. The molecule has 3 N–H and O–H groups in total. The highest BCUT2D eigenvalue weighted by atomic mass is 35.5. The van der Waals surface area contributed by atoms with Crippen molar-refractivity contribution < 1.29 is 31.3 Å². The SMILES string of the molecule is [Cl-].[NH3+]C(c1ccccc1)c1cccc(C(F)(F)F)c1Cl. The van der Waals surface area contributed by atoms with E-state index in [1.54, 1.807) is 6.07 Å². The van der Waals surface area contributed by atoms with Gasteiger partial charge in [0.2, 0.25) is 0 Å². The molecule has 0 saturated carbocycles. The second-order valence-electron chi connectivity index (χ2n) is 4.17. The highest BCUT2D eigenvalue weighted by Gasteiger charge is 2.35. The van der Waals surface area contributed by atoms with Crippen LogP contribution in [0, 0.1) is 0 Å². The lowest BCUT2D eigenvalue weighted by atomic mass is 9.98. The highest BCUT2D eigenvalue weighted by Crippen LogP contribution is 2.38. The van der Waals surface area contributed by atoms with Gasteiger partial charge in [-0.25, -0.2) is 0 Å². The van der Waals surface area contributed by atoms with Crippen LogP contribution in [0.15, 0.2) is 48.5 Å². The third kappa shape index (κ3) is 3.45. The molecule has 0 aliphatic carbocycles. The van der Waals surface area contributed by atoms with Crippen molar-refractivity contribution in [1.29, 1.82) is 0 Å². The van der Waals surface area contributed by atoms with Gasteiger partial charge in [-0.3, -0.25) is 0 Å². The molecule has 2 aromatic rings. The smallest absolute Gasteiger partial charge is 0.417 e. The molecule has 1 nitrogen and oxygen atoms in total. The van der Waals surface area contributed by atoms with Crippen LogP contribution in [0.1, 0.15) is 22.7 Å². The summed E-state index contributed by atoms with van der Waals surface area (Å²) in [6.45, 7) is 0. The Labute approximate surface area is 126 Å². The first-order chi connectivity index (χ1) is 8.91. The Kier molecular flexibility index (Phi) is 5.45. The molecule has 2 rings (SSSR count). The lowest BCUT2D eigenvalue weighted by molar-refractivity contribution is -0.411. The maximum atomic E-state index is 12.8. The number of rotatable bonds is 2. The van der Waals surface area contributed by atoms with Gasteiger partial charge in [0.25, 0.3) is 0 Å². The van der Waals surface area contributed by atoms with E-state index < -0.39 is 17.8 Å². The van der Waals surface area contributed by atoms with Crippen LogP contribution in [0.2, 0.25) is 5.02 Å². The monoisotopic (exact) mass is 321 g/mol. The third-order valence-electron chi connectivity index (χ3n) is 2.91. The maximum absolute atomic E-state index is 12.8. The number of alkyl halides is 3. The first-order valence-electron chi connectivity index (χ1n) is 5.65. The van der Waals surface area contributed by atoms with Crippen molar-refractivity contribution in [2.24, 2.45) is 0 Å². The van der Waals surface area contributed by atoms with Crippen LogP contribution in [-0.4, -0.2) is 0 Å². The molecule has 2 aromatic carbocycles. The molecule has 0 bridgehead atoms. The fourth-order valence-electron chi connectivity index (χ4n) is 1.90. The normalized spacial score (nSPS) is 12.7. The van der Waals surface area contributed by atoms with Gasteiger partial charge in [-0.05, 0) is 6.07 Å². The van der Waals surface area contributed by atoms with Crippen molar-refractivity contribution in [1.82, 2.24) is 0 Å². The Morgan fingerprint density at radius 2 is 1.55 bits per heavy atom. The molecule has 0 amide bonds. The molecule has 0 spiro atoms. The summed E-state index contributed by atoms with van der Waals surface area (Å²) in [6, 6.07) is 12.6. The van der Waals surface area contributed by atoms with Crippen molar-refractivity contribution in [2.75, 3.05) is 0 Å². The van der Waals surface area contributed by atoms with Crippen LogP contribution in [0.3, 0.4) is 0 Å². The molecule has 1 atom stereocenters. The zero-order valence-corrected chi connectivity index (χ0v) is 11.8. The second-order valence-corrected chi connectivity index (χ2v) is 4.55. The minimum atomic E-state index is -4.45. The van der Waals surface area contributed by atoms with Crippen LogP contribution < -0.4 is 18.1 Å².